The molecule has 154 valence electrons. The third kappa shape index (κ3) is 4.70. The van der Waals surface area contributed by atoms with Crippen LogP contribution < -0.4 is 0 Å². The lowest BCUT2D eigenvalue weighted by Crippen LogP contribution is -2.36. The molecule has 0 N–H and O–H groups in total. The molecule has 0 spiro atoms. The van der Waals surface area contributed by atoms with E-state index in [4.69, 9.17) is 0 Å². The number of benzene rings is 2. The largest absolute Gasteiger partial charge is 0.390 e. The number of alkyl halides is 3. The van der Waals surface area contributed by atoms with Crippen LogP contribution in [0.25, 0.3) is 21.8 Å². The van der Waals surface area contributed by atoms with Gasteiger partial charge in [-0.3, -0.25) is 0 Å². The highest BCUT2D eigenvalue weighted by molar-refractivity contribution is 6.87. The lowest BCUT2D eigenvalue weighted by molar-refractivity contribution is -0.141. The zero-order valence-electron chi connectivity index (χ0n) is 17.7. The van der Waals surface area contributed by atoms with Gasteiger partial charge in [0.1, 0.15) is 8.07 Å². The van der Waals surface area contributed by atoms with Crippen LogP contribution in [0.3, 0.4) is 0 Å². The van der Waals surface area contributed by atoms with Crippen molar-refractivity contribution in [3.05, 3.63) is 48.5 Å². The molecule has 3 aromatic rings. The minimum Gasteiger partial charge on any atom is -0.339 e. The maximum absolute atomic E-state index is 13.4. The molecule has 0 radical (unpaired) electrons. The Morgan fingerprint density at radius 1 is 0.897 bits per heavy atom. The van der Waals surface area contributed by atoms with E-state index in [1.54, 1.807) is 0 Å². The van der Waals surface area contributed by atoms with Gasteiger partial charge in [0, 0.05) is 34.3 Å². The van der Waals surface area contributed by atoms with Gasteiger partial charge in [-0.15, -0.1) is 11.5 Å². The third-order valence-electron chi connectivity index (χ3n) is 6.02. The van der Waals surface area contributed by atoms with Crippen LogP contribution in [0, 0.1) is 17.4 Å². The molecule has 0 bridgehead atoms. The Bertz CT molecular complexity index is 1020. The fourth-order valence-electron chi connectivity index (χ4n) is 3.33. The predicted octanol–water partition coefficient (Wildman–Crippen LogP) is 7.41. The van der Waals surface area contributed by atoms with Crippen molar-refractivity contribution in [2.24, 2.45) is 5.92 Å². The Balaban J connectivity index is 2.07. The number of nitrogens with zero attached hydrogens (tertiary/aromatic N) is 1. The van der Waals surface area contributed by atoms with Gasteiger partial charge in [0.25, 0.3) is 0 Å². The van der Waals surface area contributed by atoms with Crippen LogP contribution in [0.15, 0.2) is 48.5 Å². The molecule has 1 unspecified atom stereocenters. The Hall–Kier alpha value is -2.19. The molecular formula is C24H28F3NSi. The van der Waals surface area contributed by atoms with Gasteiger partial charge < -0.3 is 4.57 Å². The molecule has 1 nitrogen and oxygen atoms in total. The number of hydrogen-bond donors (Lipinski definition) is 0. The molecule has 1 heterocycles. The van der Waals surface area contributed by atoms with Crippen LogP contribution in [0.4, 0.5) is 13.2 Å². The molecule has 0 saturated heterocycles. The molecule has 0 aliphatic heterocycles. The summed E-state index contributed by atoms with van der Waals surface area (Å²) >= 11 is 0. The van der Waals surface area contributed by atoms with Gasteiger partial charge in [-0.1, -0.05) is 70.3 Å². The highest BCUT2D eigenvalue weighted by Gasteiger charge is 2.35. The quantitative estimate of drug-likeness (QED) is 0.310. The van der Waals surface area contributed by atoms with Gasteiger partial charge in [-0.25, -0.2) is 0 Å². The maximum Gasteiger partial charge on any atom is 0.390 e. The molecule has 5 heteroatoms. The van der Waals surface area contributed by atoms with E-state index < -0.39 is 26.6 Å². The van der Waals surface area contributed by atoms with E-state index in [1.165, 1.54) is 0 Å². The Kier molecular flexibility index (Phi) is 5.61. The number of hydrogen-bond acceptors (Lipinski definition) is 0. The minimum absolute atomic E-state index is 0.00955. The van der Waals surface area contributed by atoms with E-state index in [2.05, 4.69) is 45.3 Å². The van der Waals surface area contributed by atoms with Crippen molar-refractivity contribution >= 4 is 29.9 Å². The summed E-state index contributed by atoms with van der Waals surface area (Å²) in [6, 6.07) is 15.8. The smallest absolute Gasteiger partial charge is 0.339 e. The topological polar surface area (TPSA) is 4.93 Å². The third-order valence-corrected chi connectivity index (χ3v) is 10.5. The monoisotopic (exact) mass is 415 g/mol. The number of halogens is 3. The number of aromatic nitrogens is 1. The zero-order chi connectivity index (χ0) is 21.4. The fraction of sp³-hybridized carbons (Fsp3) is 0.417. The highest BCUT2D eigenvalue weighted by atomic mass is 28.3. The van der Waals surface area contributed by atoms with Gasteiger partial charge >= 0.3 is 6.18 Å². The molecule has 0 aliphatic rings. The van der Waals surface area contributed by atoms with Gasteiger partial charge in [0.15, 0.2) is 0 Å². The van der Waals surface area contributed by atoms with Gasteiger partial charge in [0.05, 0.1) is 6.42 Å². The summed E-state index contributed by atoms with van der Waals surface area (Å²) in [7, 11) is -1.99. The first-order valence-corrected chi connectivity index (χ1v) is 12.9. The standard InChI is InChI=1S/C24H28F3NSi/c1-23(2,3)29(4,5)15-14-18(16-24(25,26)27)17-28-21-12-8-6-10-19(21)20-11-7-9-13-22(20)28/h6-13,18H,16-17H2,1-5H3. The molecule has 0 saturated carbocycles. The van der Waals surface area contributed by atoms with Crippen molar-refractivity contribution in [2.75, 3.05) is 0 Å². The second-order valence-corrected chi connectivity index (χ2v) is 14.3. The SMILES string of the molecule is CC(C)(C)[Si](C)(C)C#CC(Cn1c2ccccc2c2ccccc21)CC(F)(F)F. The van der Waals surface area contributed by atoms with E-state index in [1.807, 2.05) is 53.1 Å². The van der Waals surface area contributed by atoms with Crippen molar-refractivity contribution in [3.63, 3.8) is 0 Å². The zero-order valence-corrected chi connectivity index (χ0v) is 18.7. The second-order valence-electron chi connectivity index (χ2n) is 9.31. The van der Waals surface area contributed by atoms with Gasteiger partial charge in [-0.2, -0.15) is 13.2 Å². The molecule has 1 aromatic heterocycles. The Morgan fingerprint density at radius 2 is 1.38 bits per heavy atom. The molecular weight excluding hydrogens is 387 g/mol. The lowest BCUT2D eigenvalue weighted by atomic mass is 10.1. The number of para-hydroxylation sites is 2. The van der Waals surface area contributed by atoms with E-state index in [0.717, 1.165) is 21.8 Å². The van der Waals surface area contributed by atoms with E-state index in [0.29, 0.717) is 0 Å². The summed E-state index contributed by atoms with van der Waals surface area (Å²) in [5, 5.41) is 2.13. The van der Waals surface area contributed by atoms with E-state index in [9.17, 15) is 13.2 Å². The van der Waals surface area contributed by atoms with Crippen LogP contribution in [0.1, 0.15) is 27.2 Å². The first-order valence-electron chi connectivity index (χ1n) is 9.94. The highest BCUT2D eigenvalue weighted by Crippen LogP contribution is 2.36. The fourth-order valence-corrected chi connectivity index (χ4v) is 4.27. The summed E-state index contributed by atoms with van der Waals surface area (Å²) in [6.07, 6.45) is -5.14. The molecule has 1 atom stereocenters. The normalized spacial score (nSPS) is 14.1. The van der Waals surface area contributed by atoms with Crippen LogP contribution in [0.5, 0.6) is 0 Å². The summed E-state index contributed by atoms with van der Waals surface area (Å²) in [6.45, 7) is 10.9. The average Bonchev–Trinajstić information content (AvgIpc) is 2.92. The summed E-state index contributed by atoms with van der Waals surface area (Å²) < 4.78 is 42.1. The second kappa shape index (κ2) is 7.57. The van der Waals surface area contributed by atoms with Crippen molar-refractivity contribution in [1.82, 2.24) is 4.57 Å². The summed E-state index contributed by atoms with van der Waals surface area (Å²) in [5.74, 6) is 2.29. The molecule has 29 heavy (non-hydrogen) atoms. The maximum atomic E-state index is 13.4. The molecule has 0 amide bonds. The Morgan fingerprint density at radius 3 is 1.83 bits per heavy atom. The van der Waals surface area contributed by atoms with Crippen LogP contribution in [0.2, 0.25) is 18.1 Å². The minimum atomic E-state index is -4.24. The van der Waals surface area contributed by atoms with Crippen molar-refractivity contribution in [1.29, 1.82) is 0 Å². The van der Waals surface area contributed by atoms with E-state index in [-0.39, 0.29) is 11.6 Å². The first-order chi connectivity index (χ1) is 13.4. The molecule has 3 rings (SSSR count). The van der Waals surface area contributed by atoms with Crippen molar-refractivity contribution in [3.8, 4) is 11.5 Å². The Labute approximate surface area is 171 Å². The summed E-state index contributed by atoms with van der Waals surface area (Å²) in [5.41, 5.74) is 5.21. The average molecular weight is 416 g/mol. The van der Waals surface area contributed by atoms with E-state index >= 15 is 0 Å². The van der Waals surface area contributed by atoms with Gasteiger partial charge in [0.2, 0.25) is 0 Å². The number of rotatable bonds is 3. The first kappa shape index (κ1) is 21.5. The lowest BCUT2D eigenvalue weighted by Gasteiger charge is -2.31. The van der Waals surface area contributed by atoms with Gasteiger partial charge in [-0.05, 0) is 17.2 Å². The molecule has 0 aliphatic carbocycles. The number of fused-ring (bicyclic) bond motifs is 3. The van der Waals surface area contributed by atoms with Crippen molar-refractivity contribution in [2.45, 2.75) is 58.0 Å². The summed E-state index contributed by atoms with van der Waals surface area (Å²) in [4.78, 5) is 0. The van der Waals surface area contributed by atoms with Crippen LogP contribution in [-0.4, -0.2) is 18.8 Å². The van der Waals surface area contributed by atoms with Crippen molar-refractivity contribution < 1.29 is 13.2 Å². The predicted molar refractivity (Wildman–Crippen MR) is 119 cm³/mol. The molecule has 0 fully saturated rings. The van der Waals surface area contributed by atoms with Crippen LogP contribution >= 0.6 is 0 Å². The molecule has 2 aromatic carbocycles. The van der Waals surface area contributed by atoms with Crippen LogP contribution in [-0.2, 0) is 6.54 Å².